The van der Waals surface area contributed by atoms with E-state index in [1.807, 2.05) is 27.7 Å². The lowest BCUT2D eigenvalue weighted by Gasteiger charge is -2.26. The Morgan fingerprint density at radius 3 is 2.05 bits per heavy atom. The van der Waals surface area contributed by atoms with Gasteiger partial charge >= 0.3 is 0 Å². The van der Waals surface area contributed by atoms with Gasteiger partial charge in [-0.1, -0.05) is 12.1 Å². The van der Waals surface area contributed by atoms with E-state index in [1.54, 1.807) is 24.3 Å². The Hall–Kier alpha value is -3.72. The molecule has 3 aromatic rings. The zero-order valence-corrected chi connectivity index (χ0v) is 23.1. The van der Waals surface area contributed by atoms with Crippen molar-refractivity contribution in [2.24, 2.45) is 0 Å². The first-order valence-corrected chi connectivity index (χ1v) is 13.2. The number of hydrogen-bond donors (Lipinski definition) is 1. The van der Waals surface area contributed by atoms with E-state index in [-0.39, 0.29) is 16.7 Å². The van der Waals surface area contributed by atoms with E-state index in [0.717, 1.165) is 21.0 Å². The number of nitrogens with one attached hydrogen (secondary N) is 1. The van der Waals surface area contributed by atoms with Crippen molar-refractivity contribution in [3.63, 3.8) is 0 Å². The minimum atomic E-state index is -4.15. The van der Waals surface area contributed by atoms with Gasteiger partial charge in [-0.3, -0.25) is 9.10 Å². The number of aryl methyl sites for hydroxylation is 3. The Labute approximate surface area is 219 Å². The van der Waals surface area contributed by atoms with Crippen molar-refractivity contribution in [1.82, 2.24) is 5.32 Å². The van der Waals surface area contributed by atoms with Crippen LogP contribution in [0, 0.1) is 20.8 Å². The summed E-state index contributed by atoms with van der Waals surface area (Å²) < 4.78 is 44.4. The SMILES string of the molecule is COc1ccc(N(CC(=O)N[C@@H](C)c2cc(C)c(C)cc2C)S(=O)(=O)c2ccc(OC)c(OC)c2)cc1. The number of nitrogens with zero attached hydrogens (tertiary/aromatic N) is 1. The van der Waals surface area contributed by atoms with E-state index in [0.29, 0.717) is 17.2 Å². The number of carbonyl (C=O) groups is 1. The number of amides is 1. The number of anilines is 1. The molecule has 198 valence electrons. The summed E-state index contributed by atoms with van der Waals surface area (Å²) in [6, 6.07) is 14.6. The molecule has 0 bridgehead atoms. The fourth-order valence-corrected chi connectivity index (χ4v) is 5.55. The summed E-state index contributed by atoms with van der Waals surface area (Å²) in [5.74, 6) is 0.787. The van der Waals surface area contributed by atoms with Crippen LogP contribution in [0.2, 0.25) is 0 Å². The maximum atomic E-state index is 13.8. The van der Waals surface area contributed by atoms with Crippen molar-refractivity contribution in [2.45, 2.75) is 38.6 Å². The van der Waals surface area contributed by atoms with Gasteiger partial charge in [0.15, 0.2) is 11.5 Å². The molecule has 0 fully saturated rings. The van der Waals surface area contributed by atoms with Gasteiger partial charge in [0, 0.05) is 6.07 Å². The highest BCUT2D eigenvalue weighted by Crippen LogP contribution is 2.32. The standard InChI is InChI=1S/C28H34N2O6S/c1-18-14-20(3)25(15-19(18)2)21(4)29-28(31)17-30(22-8-10-23(34-5)11-9-22)37(32,33)24-12-13-26(35-6)27(16-24)36-7/h8-16,21H,17H2,1-7H3,(H,29,31)/t21-/m0/s1. The Morgan fingerprint density at radius 1 is 0.838 bits per heavy atom. The molecular weight excluding hydrogens is 492 g/mol. The highest BCUT2D eigenvalue weighted by atomic mass is 32.2. The largest absolute Gasteiger partial charge is 0.497 e. The van der Waals surface area contributed by atoms with Gasteiger partial charge in [0.05, 0.1) is 38.0 Å². The molecule has 1 N–H and O–H groups in total. The average Bonchev–Trinajstić information content (AvgIpc) is 2.88. The lowest BCUT2D eigenvalue weighted by Crippen LogP contribution is -2.41. The van der Waals surface area contributed by atoms with E-state index in [9.17, 15) is 13.2 Å². The molecule has 9 heteroatoms. The third-order valence-electron chi connectivity index (χ3n) is 6.32. The van der Waals surface area contributed by atoms with E-state index in [4.69, 9.17) is 14.2 Å². The molecule has 0 saturated heterocycles. The van der Waals surface area contributed by atoms with Crippen molar-refractivity contribution in [3.05, 3.63) is 76.9 Å². The van der Waals surface area contributed by atoms with Gasteiger partial charge < -0.3 is 19.5 Å². The summed E-state index contributed by atoms with van der Waals surface area (Å²) in [6.45, 7) is 7.53. The molecule has 0 unspecified atom stereocenters. The predicted molar refractivity (Wildman–Crippen MR) is 144 cm³/mol. The molecule has 3 rings (SSSR count). The van der Waals surface area contributed by atoms with E-state index < -0.39 is 22.5 Å². The van der Waals surface area contributed by atoms with Crippen LogP contribution in [0.4, 0.5) is 5.69 Å². The van der Waals surface area contributed by atoms with E-state index in [1.165, 1.54) is 45.1 Å². The normalized spacial score (nSPS) is 12.0. The molecule has 1 atom stereocenters. The van der Waals surface area contributed by atoms with Crippen LogP contribution in [0.3, 0.4) is 0 Å². The lowest BCUT2D eigenvalue weighted by atomic mass is 9.96. The van der Waals surface area contributed by atoms with Crippen molar-refractivity contribution >= 4 is 21.6 Å². The fraction of sp³-hybridized carbons (Fsp3) is 0.321. The lowest BCUT2D eigenvalue weighted by molar-refractivity contribution is -0.120. The topological polar surface area (TPSA) is 94.2 Å². The molecule has 3 aromatic carbocycles. The molecule has 0 aromatic heterocycles. The predicted octanol–water partition coefficient (Wildman–Crippen LogP) is 4.71. The van der Waals surface area contributed by atoms with Gasteiger partial charge in [0.2, 0.25) is 5.91 Å². The summed E-state index contributed by atoms with van der Waals surface area (Å²) in [4.78, 5) is 13.2. The maximum Gasteiger partial charge on any atom is 0.264 e. The number of hydrogen-bond acceptors (Lipinski definition) is 6. The Balaban J connectivity index is 1.96. The van der Waals surface area contributed by atoms with Gasteiger partial charge in [0.25, 0.3) is 10.0 Å². The van der Waals surface area contributed by atoms with Crippen LogP contribution in [-0.4, -0.2) is 42.2 Å². The number of ether oxygens (including phenoxy) is 3. The molecule has 8 nitrogen and oxygen atoms in total. The highest BCUT2D eigenvalue weighted by molar-refractivity contribution is 7.92. The van der Waals surface area contributed by atoms with Crippen molar-refractivity contribution in [3.8, 4) is 17.2 Å². The monoisotopic (exact) mass is 526 g/mol. The molecule has 0 aliphatic carbocycles. The summed E-state index contributed by atoms with van der Waals surface area (Å²) in [5.41, 5.74) is 4.65. The first-order chi connectivity index (χ1) is 17.5. The molecule has 0 heterocycles. The smallest absolute Gasteiger partial charge is 0.264 e. The molecule has 0 spiro atoms. The minimum absolute atomic E-state index is 0.0354. The minimum Gasteiger partial charge on any atom is -0.497 e. The van der Waals surface area contributed by atoms with Crippen LogP contribution in [0.25, 0.3) is 0 Å². The zero-order valence-electron chi connectivity index (χ0n) is 22.3. The van der Waals surface area contributed by atoms with Crippen LogP contribution in [-0.2, 0) is 14.8 Å². The number of sulfonamides is 1. The maximum absolute atomic E-state index is 13.8. The number of carbonyl (C=O) groups excluding carboxylic acids is 1. The Bertz CT molecular complexity index is 1370. The quantitative estimate of drug-likeness (QED) is 0.411. The van der Waals surface area contributed by atoms with Gasteiger partial charge in [-0.25, -0.2) is 8.42 Å². The number of benzene rings is 3. The number of rotatable bonds is 10. The van der Waals surface area contributed by atoms with E-state index >= 15 is 0 Å². The zero-order chi connectivity index (χ0) is 27.3. The fourth-order valence-electron chi connectivity index (χ4n) is 4.11. The van der Waals surface area contributed by atoms with E-state index in [2.05, 4.69) is 17.4 Å². The Kier molecular flexibility index (Phi) is 8.70. The first kappa shape index (κ1) is 27.9. The molecule has 0 aliphatic heterocycles. The molecule has 0 saturated carbocycles. The highest BCUT2D eigenvalue weighted by Gasteiger charge is 2.29. The summed E-state index contributed by atoms with van der Waals surface area (Å²) in [7, 11) is 0.274. The molecular formula is C28H34N2O6S. The molecule has 37 heavy (non-hydrogen) atoms. The second-order valence-corrected chi connectivity index (χ2v) is 10.7. The van der Waals surface area contributed by atoms with Gasteiger partial charge in [-0.05, 0) is 86.3 Å². The van der Waals surface area contributed by atoms with Crippen molar-refractivity contribution in [2.75, 3.05) is 32.2 Å². The molecule has 1 amide bonds. The van der Waals surface area contributed by atoms with Gasteiger partial charge in [-0.2, -0.15) is 0 Å². The summed E-state index contributed by atoms with van der Waals surface area (Å²) >= 11 is 0. The van der Waals surface area contributed by atoms with Gasteiger partial charge in [-0.15, -0.1) is 0 Å². The molecule has 0 aliphatic rings. The van der Waals surface area contributed by atoms with Crippen LogP contribution in [0.5, 0.6) is 17.2 Å². The average molecular weight is 527 g/mol. The summed E-state index contributed by atoms with van der Waals surface area (Å²) in [5, 5.41) is 2.96. The third-order valence-corrected chi connectivity index (χ3v) is 8.09. The van der Waals surface area contributed by atoms with Crippen LogP contribution in [0.15, 0.2) is 59.5 Å². The second-order valence-electron chi connectivity index (χ2n) is 8.81. The third kappa shape index (κ3) is 6.17. The number of methoxy groups -OCH3 is 3. The Morgan fingerprint density at radius 2 is 1.46 bits per heavy atom. The van der Waals surface area contributed by atoms with Crippen LogP contribution < -0.4 is 23.8 Å². The summed E-state index contributed by atoms with van der Waals surface area (Å²) in [6.07, 6.45) is 0. The van der Waals surface area contributed by atoms with Gasteiger partial charge in [0.1, 0.15) is 12.3 Å². The van der Waals surface area contributed by atoms with Crippen molar-refractivity contribution in [1.29, 1.82) is 0 Å². The first-order valence-electron chi connectivity index (χ1n) is 11.8. The van der Waals surface area contributed by atoms with Crippen LogP contribution in [0.1, 0.15) is 35.2 Å². The molecule has 0 radical (unpaired) electrons. The van der Waals surface area contributed by atoms with Crippen LogP contribution >= 0.6 is 0 Å². The van der Waals surface area contributed by atoms with Crippen molar-refractivity contribution < 1.29 is 27.4 Å². The second kappa shape index (κ2) is 11.6.